The van der Waals surface area contributed by atoms with Crippen LogP contribution in [0.5, 0.6) is 0 Å². The predicted octanol–water partition coefficient (Wildman–Crippen LogP) is 2.77. The van der Waals surface area contributed by atoms with Crippen molar-refractivity contribution in [1.29, 1.82) is 5.26 Å². The Hall–Kier alpha value is -2.28. The van der Waals surface area contributed by atoms with Gasteiger partial charge in [-0.05, 0) is 35.4 Å². The molecule has 1 aromatic carbocycles. The van der Waals surface area contributed by atoms with Crippen LogP contribution in [0.2, 0.25) is 0 Å². The molecule has 1 amide bonds. The molecule has 21 heavy (non-hydrogen) atoms. The Morgan fingerprint density at radius 2 is 2.10 bits per heavy atom. The Kier molecular flexibility index (Phi) is 2.30. The average molecular weight is 279 g/mol. The van der Waals surface area contributed by atoms with Gasteiger partial charge in [0.15, 0.2) is 0 Å². The van der Waals surface area contributed by atoms with E-state index in [1.807, 2.05) is 23.1 Å². The van der Waals surface area contributed by atoms with Crippen LogP contribution in [0.3, 0.4) is 0 Å². The van der Waals surface area contributed by atoms with Crippen LogP contribution in [0, 0.1) is 28.6 Å². The molecule has 1 aromatic heterocycles. The molecular weight excluding hydrogens is 262 g/mol. The highest BCUT2D eigenvalue weighted by Crippen LogP contribution is 2.62. The first-order valence-electron chi connectivity index (χ1n) is 7.33. The molecule has 2 fully saturated rings. The maximum absolute atomic E-state index is 12.6. The molecule has 4 heteroatoms. The van der Waals surface area contributed by atoms with Crippen molar-refractivity contribution >= 4 is 16.8 Å². The van der Waals surface area contributed by atoms with E-state index in [-0.39, 0.29) is 5.91 Å². The van der Waals surface area contributed by atoms with Crippen molar-refractivity contribution in [3.05, 3.63) is 35.5 Å². The number of nitrogens with zero attached hydrogens (tertiary/aromatic N) is 2. The minimum Gasteiger partial charge on any atom is -0.350 e. The predicted molar refractivity (Wildman–Crippen MR) is 79.7 cm³/mol. The van der Waals surface area contributed by atoms with Gasteiger partial charge >= 0.3 is 0 Å². The third-order valence-corrected chi connectivity index (χ3v) is 5.42. The van der Waals surface area contributed by atoms with E-state index < -0.39 is 0 Å². The zero-order chi connectivity index (χ0) is 14.8. The first-order valence-corrected chi connectivity index (χ1v) is 7.33. The lowest BCUT2D eigenvalue weighted by Crippen LogP contribution is -2.33. The van der Waals surface area contributed by atoms with Gasteiger partial charge in [-0.2, -0.15) is 5.26 Å². The fourth-order valence-corrected chi connectivity index (χ4v) is 3.84. The van der Waals surface area contributed by atoms with Gasteiger partial charge in [-0.1, -0.05) is 19.9 Å². The number of carbonyl (C=O) groups excluding carboxylic acids is 1. The number of H-pyrrole nitrogens is 1. The first-order chi connectivity index (χ1) is 10.0. The Morgan fingerprint density at radius 3 is 2.76 bits per heavy atom. The third-order valence-electron chi connectivity index (χ3n) is 5.42. The fourth-order valence-electron chi connectivity index (χ4n) is 3.84. The van der Waals surface area contributed by atoms with Gasteiger partial charge in [0, 0.05) is 24.0 Å². The maximum Gasteiger partial charge on any atom is 0.270 e. The first kappa shape index (κ1) is 12.5. The van der Waals surface area contributed by atoms with Crippen LogP contribution in [0.4, 0.5) is 0 Å². The third kappa shape index (κ3) is 1.64. The normalized spacial score (nSPS) is 25.7. The molecule has 1 aliphatic carbocycles. The summed E-state index contributed by atoms with van der Waals surface area (Å²) in [7, 11) is 0. The topological polar surface area (TPSA) is 59.9 Å². The molecule has 0 spiro atoms. The summed E-state index contributed by atoms with van der Waals surface area (Å²) in [4.78, 5) is 17.7. The van der Waals surface area contributed by atoms with Crippen molar-refractivity contribution in [2.75, 3.05) is 13.1 Å². The van der Waals surface area contributed by atoms with Crippen molar-refractivity contribution in [1.82, 2.24) is 9.88 Å². The number of rotatable bonds is 1. The molecule has 1 aliphatic heterocycles. The summed E-state index contributed by atoms with van der Waals surface area (Å²) in [5, 5.41) is 9.96. The van der Waals surface area contributed by atoms with Gasteiger partial charge in [0.2, 0.25) is 0 Å². The molecule has 1 N–H and O–H groups in total. The number of fused-ring (bicyclic) bond motifs is 2. The molecule has 0 bridgehead atoms. The summed E-state index contributed by atoms with van der Waals surface area (Å²) in [6, 6.07) is 9.49. The number of hydrogen-bond acceptors (Lipinski definition) is 2. The molecule has 106 valence electrons. The van der Waals surface area contributed by atoms with E-state index in [2.05, 4.69) is 24.9 Å². The molecule has 2 heterocycles. The van der Waals surface area contributed by atoms with Crippen molar-refractivity contribution < 1.29 is 4.79 Å². The second kappa shape index (κ2) is 3.88. The standard InChI is InChI=1S/C17H17N3O/c1-17(2)12-8-20(9-13(12)17)16(21)15-6-11-10(7-18)4-3-5-14(11)19-15/h3-6,12-13,19H,8-9H2,1-2H3. The van der Waals surface area contributed by atoms with E-state index in [4.69, 9.17) is 5.26 Å². The zero-order valence-electron chi connectivity index (χ0n) is 12.2. The lowest BCUT2D eigenvalue weighted by Gasteiger charge is -2.21. The van der Waals surface area contributed by atoms with Crippen LogP contribution in [-0.4, -0.2) is 28.9 Å². The van der Waals surface area contributed by atoms with Gasteiger partial charge in [-0.15, -0.1) is 0 Å². The van der Waals surface area contributed by atoms with E-state index in [9.17, 15) is 4.79 Å². The van der Waals surface area contributed by atoms with E-state index in [1.54, 1.807) is 6.07 Å². The molecule has 1 saturated heterocycles. The number of nitrogens with one attached hydrogen (secondary N) is 1. The Labute approximate surface area is 123 Å². The van der Waals surface area contributed by atoms with Crippen LogP contribution >= 0.6 is 0 Å². The zero-order valence-corrected chi connectivity index (χ0v) is 12.2. The van der Waals surface area contributed by atoms with E-state index in [0.717, 1.165) is 24.0 Å². The van der Waals surface area contributed by atoms with E-state index in [1.165, 1.54) is 0 Å². The monoisotopic (exact) mass is 279 g/mol. The summed E-state index contributed by atoms with van der Waals surface area (Å²) in [6.45, 7) is 6.28. The lowest BCUT2D eigenvalue weighted by molar-refractivity contribution is 0.0753. The number of benzene rings is 1. The van der Waals surface area contributed by atoms with Crippen LogP contribution in [-0.2, 0) is 0 Å². The SMILES string of the molecule is CC1(C)C2CN(C(=O)c3cc4c(C#N)cccc4[nH]3)CC21. The van der Waals surface area contributed by atoms with Crippen molar-refractivity contribution in [2.45, 2.75) is 13.8 Å². The van der Waals surface area contributed by atoms with E-state index in [0.29, 0.717) is 28.5 Å². The molecule has 2 unspecified atom stereocenters. The number of amides is 1. The smallest absolute Gasteiger partial charge is 0.270 e. The number of carbonyl (C=O) groups is 1. The van der Waals surface area contributed by atoms with Crippen molar-refractivity contribution in [3.8, 4) is 6.07 Å². The number of hydrogen-bond donors (Lipinski definition) is 1. The summed E-state index contributed by atoms with van der Waals surface area (Å²) in [5.41, 5.74) is 2.45. The number of nitriles is 1. The molecule has 2 atom stereocenters. The highest BCUT2D eigenvalue weighted by Gasteiger charge is 2.62. The lowest BCUT2D eigenvalue weighted by atomic mass is 10.1. The highest BCUT2D eigenvalue weighted by atomic mass is 16.2. The number of aromatic amines is 1. The minimum atomic E-state index is 0.0538. The van der Waals surface area contributed by atoms with Gasteiger partial charge in [-0.25, -0.2) is 0 Å². The average Bonchev–Trinajstić information content (AvgIpc) is 2.92. The van der Waals surface area contributed by atoms with Crippen LogP contribution in [0.1, 0.15) is 29.9 Å². The maximum atomic E-state index is 12.6. The number of piperidine rings is 1. The van der Waals surface area contributed by atoms with Crippen LogP contribution in [0.15, 0.2) is 24.3 Å². The molecule has 2 aromatic rings. The van der Waals surface area contributed by atoms with Gasteiger partial charge in [0.05, 0.1) is 11.6 Å². The van der Waals surface area contributed by atoms with Gasteiger partial charge < -0.3 is 9.88 Å². The molecular formula is C17H17N3O. The van der Waals surface area contributed by atoms with Gasteiger partial charge in [-0.3, -0.25) is 4.79 Å². The second-order valence-corrected chi connectivity index (χ2v) is 6.81. The molecule has 2 aliphatic rings. The second-order valence-electron chi connectivity index (χ2n) is 6.81. The van der Waals surface area contributed by atoms with Gasteiger partial charge in [0.1, 0.15) is 5.69 Å². The molecule has 0 radical (unpaired) electrons. The minimum absolute atomic E-state index is 0.0538. The highest BCUT2D eigenvalue weighted by molar-refractivity contribution is 5.99. The van der Waals surface area contributed by atoms with Crippen molar-refractivity contribution in [2.24, 2.45) is 17.3 Å². The van der Waals surface area contributed by atoms with Crippen LogP contribution in [0.25, 0.3) is 10.9 Å². The Morgan fingerprint density at radius 1 is 1.38 bits per heavy atom. The molecule has 4 rings (SSSR count). The summed E-state index contributed by atoms with van der Waals surface area (Å²) in [5.74, 6) is 1.36. The van der Waals surface area contributed by atoms with Gasteiger partial charge in [0.25, 0.3) is 5.91 Å². The van der Waals surface area contributed by atoms with Crippen molar-refractivity contribution in [3.63, 3.8) is 0 Å². The quantitative estimate of drug-likeness (QED) is 0.872. The number of likely N-dealkylation sites (tertiary alicyclic amines) is 1. The Bertz CT molecular complexity index is 782. The molecule has 1 saturated carbocycles. The Balaban J connectivity index is 1.63. The van der Waals surface area contributed by atoms with Crippen LogP contribution < -0.4 is 0 Å². The summed E-state index contributed by atoms with van der Waals surface area (Å²) in [6.07, 6.45) is 0. The number of aromatic nitrogens is 1. The summed E-state index contributed by atoms with van der Waals surface area (Å²) >= 11 is 0. The fraction of sp³-hybridized carbons (Fsp3) is 0.412. The summed E-state index contributed by atoms with van der Waals surface area (Å²) < 4.78 is 0. The largest absolute Gasteiger partial charge is 0.350 e. The molecule has 4 nitrogen and oxygen atoms in total. The van der Waals surface area contributed by atoms with E-state index >= 15 is 0 Å².